The van der Waals surface area contributed by atoms with E-state index in [2.05, 4.69) is 0 Å². The summed E-state index contributed by atoms with van der Waals surface area (Å²) in [6.07, 6.45) is 4.22. The largest absolute Gasteiger partial charge is 0.508 e. The zero-order valence-electron chi connectivity index (χ0n) is 15.6. The number of fused-ring (bicyclic) bond motifs is 1. The molecule has 0 saturated heterocycles. The van der Waals surface area contributed by atoms with E-state index in [9.17, 15) is 14.3 Å². The fourth-order valence-electron chi connectivity index (χ4n) is 3.78. The first kappa shape index (κ1) is 18.7. The Balaban J connectivity index is 1.86. The first-order chi connectivity index (χ1) is 14.0. The number of halogens is 1. The lowest BCUT2D eigenvalue weighted by Crippen LogP contribution is -2.06. The molecule has 2 N–H and O–H groups in total. The Kier molecular flexibility index (Phi) is 5.00. The predicted octanol–water partition coefficient (Wildman–Crippen LogP) is 5.53. The average Bonchev–Trinajstić information content (AvgIpc) is 2.72. The van der Waals surface area contributed by atoms with Gasteiger partial charge < -0.3 is 10.2 Å². The monoisotopic (exact) mass is 386 g/mol. The molecule has 4 heteroatoms. The van der Waals surface area contributed by atoms with Crippen LogP contribution < -0.4 is 0 Å². The molecule has 0 radical (unpaired) electrons. The number of carboxylic acid groups (broad SMARTS) is 1. The second-order valence-electron chi connectivity index (χ2n) is 7.00. The Morgan fingerprint density at radius 2 is 1.59 bits per heavy atom. The van der Waals surface area contributed by atoms with Crippen molar-refractivity contribution in [3.63, 3.8) is 0 Å². The number of hydrogen-bond acceptors (Lipinski definition) is 2. The van der Waals surface area contributed by atoms with Crippen molar-refractivity contribution in [1.29, 1.82) is 0 Å². The molecule has 3 aromatic carbocycles. The molecule has 1 aliphatic rings. The van der Waals surface area contributed by atoms with Crippen LogP contribution in [-0.4, -0.2) is 16.2 Å². The van der Waals surface area contributed by atoms with Crippen LogP contribution in [-0.2, 0) is 11.2 Å². The molecule has 3 aromatic rings. The summed E-state index contributed by atoms with van der Waals surface area (Å²) in [5.74, 6) is -1.02. The van der Waals surface area contributed by atoms with Crippen molar-refractivity contribution < 1.29 is 19.4 Å². The van der Waals surface area contributed by atoms with E-state index < -0.39 is 5.97 Å². The lowest BCUT2D eigenvalue weighted by Gasteiger charge is -2.25. The van der Waals surface area contributed by atoms with Gasteiger partial charge in [-0.25, -0.2) is 9.18 Å². The maximum absolute atomic E-state index is 13.4. The zero-order chi connectivity index (χ0) is 20.4. The van der Waals surface area contributed by atoms with Gasteiger partial charge in [-0.2, -0.15) is 0 Å². The Bertz CT molecular complexity index is 1120. The van der Waals surface area contributed by atoms with Crippen LogP contribution in [0.25, 0.3) is 17.2 Å². The molecule has 0 aliphatic heterocycles. The summed E-state index contributed by atoms with van der Waals surface area (Å²) in [6, 6.07) is 19.6. The van der Waals surface area contributed by atoms with Crippen LogP contribution in [0.2, 0.25) is 0 Å². The highest BCUT2D eigenvalue weighted by molar-refractivity contribution is 6.01. The summed E-state index contributed by atoms with van der Waals surface area (Å²) in [7, 11) is 0. The molecule has 1 aliphatic carbocycles. The lowest BCUT2D eigenvalue weighted by molar-refractivity contribution is -0.131. The summed E-state index contributed by atoms with van der Waals surface area (Å²) in [4.78, 5) is 10.7. The third-order valence-electron chi connectivity index (χ3n) is 5.11. The normalized spacial score (nSPS) is 13.6. The van der Waals surface area contributed by atoms with Crippen LogP contribution in [0.3, 0.4) is 0 Å². The third-order valence-corrected chi connectivity index (χ3v) is 5.11. The van der Waals surface area contributed by atoms with Crippen LogP contribution in [0.15, 0.2) is 72.8 Å². The van der Waals surface area contributed by atoms with Gasteiger partial charge in [0.25, 0.3) is 0 Å². The van der Waals surface area contributed by atoms with E-state index in [0.29, 0.717) is 0 Å². The minimum atomic E-state index is -0.989. The van der Waals surface area contributed by atoms with Crippen LogP contribution in [0.4, 0.5) is 4.39 Å². The van der Waals surface area contributed by atoms with Crippen molar-refractivity contribution in [3.05, 3.63) is 106 Å². The number of benzene rings is 3. The Labute approximate surface area is 168 Å². The van der Waals surface area contributed by atoms with Gasteiger partial charge in [0, 0.05) is 6.08 Å². The Morgan fingerprint density at radius 3 is 2.28 bits per heavy atom. The third kappa shape index (κ3) is 3.97. The molecule has 0 unspecified atom stereocenters. The highest BCUT2D eigenvalue weighted by Crippen LogP contribution is 2.41. The second kappa shape index (κ2) is 7.76. The van der Waals surface area contributed by atoms with Crippen LogP contribution in [0, 0.1) is 5.82 Å². The summed E-state index contributed by atoms with van der Waals surface area (Å²) in [5, 5.41) is 18.7. The minimum absolute atomic E-state index is 0.238. The van der Waals surface area contributed by atoms with E-state index in [1.54, 1.807) is 30.3 Å². The molecule has 3 nitrogen and oxygen atoms in total. The van der Waals surface area contributed by atoms with E-state index in [-0.39, 0.29) is 11.6 Å². The molecule has 29 heavy (non-hydrogen) atoms. The Hall–Kier alpha value is -3.66. The Morgan fingerprint density at radius 1 is 0.897 bits per heavy atom. The number of phenols is 1. The number of allylic oxidation sites excluding steroid dienone is 1. The molecule has 144 valence electrons. The molecule has 0 heterocycles. The molecular weight excluding hydrogens is 367 g/mol. The number of hydrogen-bond donors (Lipinski definition) is 2. The summed E-state index contributed by atoms with van der Waals surface area (Å²) < 4.78 is 13.4. The van der Waals surface area contributed by atoms with Gasteiger partial charge in [-0.1, -0.05) is 42.5 Å². The lowest BCUT2D eigenvalue weighted by atomic mass is 9.79. The van der Waals surface area contributed by atoms with E-state index in [1.165, 1.54) is 12.1 Å². The van der Waals surface area contributed by atoms with Crippen molar-refractivity contribution >= 4 is 23.2 Å². The van der Waals surface area contributed by atoms with Crippen molar-refractivity contribution in [1.82, 2.24) is 0 Å². The van der Waals surface area contributed by atoms with E-state index in [1.807, 2.05) is 30.3 Å². The number of carboxylic acids is 1. The SMILES string of the molecule is O=C(O)/C=C/c1ccc(C2=C(c3ccc(F)cc3)CCc3cc(O)ccc32)cc1. The zero-order valence-corrected chi connectivity index (χ0v) is 15.6. The highest BCUT2D eigenvalue weighted by Gasteiger charge is 2.22. The minimum Gasteiger partial charge on any atom is -0.508 e. The van der Waals surface area contributed by atoms with Gasteiger partial charge in [-0.15, -0.1) is 0 Å². The first-order valence-corrected chi connectivity index (χ1v) is 9.34. The summed E-state index contributed by atoms with van der Waals surface area (Å²) in [5.41, 5.74) is 7.03. The van der Waals surface area contributed by atoms with E-state index in [0.717, 1.165) is 57.9 Å². The van der Waals surface area contributed by atoms with E-state index >= 15 is 0 Å². The number of aliphatic carboxylic acids is 1. The fourth-order valence-corrected chi connectivity index (χ4v) is 3.78. The second-order valence-corrected chi connectivity index (χ2v) is 7.00. The maximum Gasteiger partial charge on any atom is 0.328 e. The topological polar surface area (TPSA) is 57.5 Å². The molecule has 0 fully saturated rings. The molecule has 4 rings (SSSR count). The van der Waals surface area contributed by atoms with Gasteiger partial charge in [0.15, 0.2) is 0 Å². The van der Waals surface area contributed by atoms with Gasteiger partial charge in [-0.3, -0.25) is 0 Å². The molecule has 0 aromatic heterocycles. The van der Waals surface area contributed by atoms with Crippen molar-refractivity contribution in [2.75, 3.05) is 0 Å². The van der Waals surface area contributed by atoms with Gasteiger partial charge in [0.2, 0.25) is 0 Å². The number of rotatable bonds is 4. The van der Waals surface area contributed by atoms with E-state index in [4.69, 9.17) is 5.11 Å². The van der Waals surface area contributed by atoms with Crippen molar-refractivity contribution in [2.45, 2.75) is 12.8 Å². The average molecular weight is 386 g/mol. The molecule has 0 spiro atoms. The number of carbonyl (C=O) groups is 1. The number of aromatic hydroxyl groups is 1. The van der Waals surface area contributed by atoms with Crippen molar-refractivity contribution in [2.24, 2.45) is 0 Å². The fraction of sp³-hybridized carbons (Fsp3) is 0.0800. The smallest absolute Gasteiger partial charge is 0.328 e. The maximum atomic E-state index is 13.4. The van der Waals surface area contributed by atoms with Gasteiger partial charge in [-0.05, 0) is 82.1 Å². The number of phenolic OH excluding ortho intramolecular Hbond substituents is 1. The van der Waals surface area contributed by atoms with Crippen molar-refractivity contribution in [3.8, 4) is 5.75 Å². The van der Waals surface area contributed by atoms with Gasteiger partial charge >= 0.3 is 5.97 Å². The molecule has 0 amide bonds. The summed E-state index contributed by atoms with van der Waals surface area (Å²) >= 11 is 0. The van der Waals surface area contributed by atoms with Gasteiger partial charge in [0.1, 0.15) is 11.6 Å². The molecule has 0 atom stereocenters. The predicted molar refractivity (Wildman–Crippen MR) is 112 cm³/mol. The first-order valence-electron chi connectivity index (χ1n) is 9.34. The van der Waals surface area contributed by atoms with Crippen LogP contribution >= 0.6 is 0 Å². The standard InChI is InChI=1S/C25H19FO3/c26-20-9-6-17(7-10-20)22-12-8-19-15-21(27)11-13-23(19)25(22)18-4-1-16(2-5-18)3-14-24(28)29/h1-7,9-11,13-15,27H,8,12H2,(H,28,29)/b14-3+. The molecular formula is C25H19FO3. The highest BCUT2D eigenvalue weighted by atomic mass is 19.1. The number of aryl methyl sites for hydroxylation is 1. The summed E-state index contributed by atoms with van der Waals surface area (Å²) in [6.45, 7) is 0. The molecule has 0 saturated carbocycles. The quantitative estimate of drug-likeness (QED) is 0.579. The molecule has 0 bridgehead atoms. The van der Waals surface area contributed by atoms with Gasteiger partial charge in [0.05, 0.1) is 0 Å². The van der Waals surface area contributed by atoms with Crippen LogP contribution in [0.1, 0.15) is 34.2 Å². The van der Waals surface area contributed by atoms with Crippen LogP contribution in [0.5, 0.6) is 5.75 Å².